The van der Waals surface area contributed by atoms with Gasteiger partial charge >= 0.3 is 0 Å². The molecule has 1 aromatic rings. The van der Waals surface area contributed by atoms with E-state index in [1.54, 1.807) is 11.8 Å². The standard InChI is InChI=1S/C15H25NOS/c1-12(2)9-10-16-11-13(3)17-14-5-7-15(18-4)8-6-14/h5-8,12-13,16H,9-11H2,1-4H3. The highest BCUT2D eigenvalue weighted by atomic mass is 32.2. The van der Waals surface area contributed by atoms with Crippen LogP contribution in [0.1, 0.15) is 27.2 Å². The van der Waals surface area contributed by atoms with Crippen molar-refractivity contribution in [2.24, 2.45) is 5.92 Å². The van der Waals surface area contributed by atoms with Crippen LogP contribution in [0, 0.1) is 5.92 Å². The quantitative estimate of drug-likeness (QED) is 0.571. The summed E-state index contributed by atoms with van der Waals surface area (Å²) in [5.74, 6) is 1.71. The van der Waals surface area contributed by atoms with Crippen molar-refractivity contribution in [3.8, 4) is 5.75 Å². The van der Waals surface area contributed by atoms with Gasteiger partial charge in [-0.1, -0.05) is 13.8 Å². The van der Waals surface area contributed by atoms with Gasteiger partial charge in [0.05, 0.1) is 0 Å². The van der Waals surface area contributed by atoms with Crippen LogP contribution >= 0.6 is 11.8 Å². The molecule has 0 bridgehead atoms. The van der Waals surface area contributed by atoms with Gasteiger partial charge in [0.2, 0.25) is 0 Å². The Hall–Kier alpha value is -0.670. The lowest BCUT2D eigenvalue weighted by Crippen LogP contribution is -2.30. The van der Waals surface area contributed by atoms with E-state index in [1.807, 2.05) is 12.1 Å². The normalized spacial score (nSPS) is 12.7. The van der Waals surface area contributed by atoms with Crippen molar-refractivity contribution in [1.29, 1.82) is 0 Å². The first-order valence-electron chi connectivity index (χ1n) is 6.63. The smallest absolute Gasteiger partial charge is 0.119 e. The molecule has 1 aromatic carbocycles. The number of thioether (sulfide) groups is 1. The van der Waals surface area contributed by atoms with E-state index in [4.69, 9.17) is 4.74 Å². The highest BCUT2D eigenvalue weighted by molar-refractivity contribution is 7.98. The van der Waals surface area contributed by atoms with E-state index in [9.17, 15) is 0 Å². The summed E-state index contributed by atoms with van der Waals surface area (Å²) in [6.07, 6.45) is 3.50. The van der Waals surface area contributed by atoms with Crippen LogP contribution in [0.5, 0.6) is 5.75 Å². The van der Waals surface area contributed by atoms with Crippen molar-refractivity contribution in [3.63, 3.8) is 0 Å². The first kappa shape index (κ1) is 15.4. The molecular formula is C15H25NOS. The molecular weight excluding hydrogens is 242 g/mol. The van der Waals surface area contributed by atoms with Gasteiger partial charge in [0.1, 0.15) is 11.9 Å². The first-order chi connectivity index (χ1) is 8.61. The predicted octanol–water partition coefficient (Wildman–Crippen LogP) is 3.81. The minimum Gasteiger partial charge on any atom is -0.489 e. The molecule has 102 valence electrons. The van der Waals surface area contributed by atoms with Gasteiger partial charge in [-0.15, -0.1) is 11.8 Å². The molecule has 0 aromatic heterocycles. The lowest BCUT2D eigenvalue weighted by atomic mass is 10.1. The molecule has 1 rings (SSSR count). The zero-order valence-electron chi connectivity index (χ0n) is 11.9. The highest BCUT2D eigenvalue weighted by Crippen LogP contribution is 2.19. The third-order valence-corrected chi connectivity index (χ3v) is 3.47. The summed E-state index contributed by atoms with van der Waals surface area (Å²) >= 11 is 1.75. The maximum atomic E-state index is 5.85. The van der Waals surface area contributed by atoms with E-state index < -0.39 is 0 Å². The summed E-state index contributed by atoms with van der Waals surface area (Å²) in [4.78, 5) is 1.27. The highest BCUT2D eigenvalue weighted by Gasteiger charge is 2.03. The summed E-state index contributed by atoms with van der Waals surface area (Å²) in [7, 11) is 0. The maximum Gasteiger partial charge on any atom is 0.119 e. The van der Waals surface area contributed by atoms with Gasteiger partial charge in [-0.05, 0) is 56.3 Å². The van der Waals surface area contributed by atoms with Crippen LogP contribution < -0.4 is 10.1 Å². The molecule has 18 heavy (non-hydrogen) atoms. The molecule has 0 saturated heterocycles. The van der Waals surface area contributed by atoms with Crippen LogP contribution in [-0.4, -0.2) is 25.4 Å². The molecule has 1 atom stereocenters. The molecule has 0 aliphatic carbocycles. The number of ether oxygens (including phenoxy) is 1. The zero-order valence-corrected chi connectivity index (χ0v) is 12.7. The summed E-state index contributed by atoms with van der Waals surface area (Å²) in [6, 6.07) is 8.27. The predicted molar refractivity (Wildman–Crippen MR) is 80.6 cm³/mol. The van der Waals surface area contributed by atoms with Crippen molar-refractivity contribution in [3.05, 3.63) is 24.3 Å². The third kappa shape index (κ3) is 6.31. The summed E-state index contributed by atoms with van der Waals surface area (Å²) in [5, 5.41) is 3.43. The maximum absolute atomic E-state index is 5.85. The monoisotopic (exact) mass is 267 g/mol. The number of benzene rings is 1. The number of hydrogen-bond acceptors (Lipinski definition) is 3. The number of rotatable bonds is 8. The van der Waals surface area contributed by atoms with Crippen LogP contribution in [0.15, 0.2) is 29.2 Å². The van der Waals surface area contributed by atoms with E-state index in [0.717, 1.165) is 24.8 Å². The fourth-order valence-electron chi connectivity index (χ4n) is 1.62. The van der Waals surface area contributed by atoms with Gasteiger partial charge in [0.25, 0.3) is 0 Å². The summed E-state index contributed by atoms with van der Waals surface area (Å²) < 4.78 is 5.85. The first-order valence-corrected chi connectivity index (χ1v) is 7.85. The van der Waals surface area contributed by atoms with Crippen molar-refractivity contribution in [2.45, 2.75) is 38.2 Å². The second-order valence-corrected chi connectivity index (χ2v) is 5.87. The minimum absolute atomic E-state index is 0.206. The Balaban J connectivity index is 2.24. The Kier molecular flexibility index (Phi) is 7.21. The van der Waals surface area contributed by atoms with E-state index in [-0.39, 0.29) is 6.10 Å². The minimum atomic E-state index is 0.206. The molecule has 0 spiro atoms. The lowest BCUT2D eigenvalue weighted by Gasteiger charge is -2.16. The van der Waals surface area contributed by atoms with E-state index in [0.29, 0.717) is 0 Å². The summed E-state index contributed by atoms with van der Waals surface area (Å²) in [6.45, 7) is 8.56. The Morgan fingerprint density at radius 1 is 1.17 bits per heavy atom. The van der Waals surface area contributed by atoms with Gasteiger partial charge < -0.3 is 10.1 Å². The fourth-order valence-corrected chi connectivity index (χ4v) is 2.03. The van der Waals surface area contributed by atoms with E-state index in [2.05, 4.69) is 44.5 Å². The van der Waals surface area contributed by atoms with Gasteiger partial charge in [0.15, 0.2) is 0 Å². The molecule has 1 unspecified atom stereocenters. The van der Waals surface area contributed by atoms with Crippen molar-refractivity contribution in [1.82, 2.24) is 5.32 Å². The lowest BCUT2D eigenvalue weighted by molar-refractivity contribution is 0.216. The SMILES string of the molecule is CSc1ccc(OC(C)CNCCC(C)C)cc1. The fraction of sp³-hybridized carbons (Fsp3) is 0.600. The van der Waals surface area contributed by atoms with E-state index in [1.165, 1.54) is 11.3 Å². The molecule has 1 N–H and O–H groups in total. The van der Waals surface area contributed by atoms with Gasteiger partial charge in [-0.3, -0.25) is 0 Å². The van der Waals surface area contributed by atoms with Crippen molar-refractivity contribution < 1.29 is 4.74 Å². The van der Waals surface area contributed by atoms with E-state index >= 15 is 0 Å². The molecule has 0 heterocycles. The zero-order chi connectivity index (χ0) is 13.4. The molecule has 2 nitrogen and oxygen atoms in total. The van der Waals surface area contributed by atoms with Crippen molar-refractivity contribution >= 4 is 11.8 Å². The van der Waals surface area contributed by atoms with Crippen molar-refractivity contribution in [2.75, 3.05) is 19.3 Å². The topological polar surface area (TPSA) is 21.3 Å². The van der Waals surface area contributed by atoms with Crippen LogP contribution in [0.2, 0.25) is 0 Å². The Bertz CT molecular complexity index is 324. The Labute approximate surface area is 116 Å². The van der Waals surface area contributed by atoms with Gasteiger partial charge in [-0.2, -0.15) is 0 Å². The Morgan fingerprint density at radius 3 is 2.39 bits per heavy atom. The molecule has 0 fully saturated rings. The largest absolute Gasteiger partial charge is 0.489 e. The van der Waals surface area contributed by atoms with Crippen LogP contribution in [0.25, 0.3) is 0 Å². The third-order valence-electron chi connectivity index (χ3n) is 2.73. The number of hydrogen-bond donors (Lipinski definition) is 1. The molecule has 3 heteroatoms. The molecule has 0 amide bonds. The number of nitrogens with one attached hydrogen (secondary N) is 1. The Morgan fingerprint density at radius 2 is 1.83 bits per heavy atom. The van der Waals surface area contributed by atoms with Gasteiger partial charge in [-0.25, -0.2) is 0 Å². The second kappa shape index (κ2) is 8.44. The molecule has 0 aliphatic rings. The average Bonchev–Trinajstić information content (AvgIpc) is 2.35. The van der Waals surface area contributed by atoms with Gasteiger partial charge in [0, 0.05) is 11.4 Å². The molecule has 0 aliphatic heterocycles. The summed E-state index contributed by atoms with van der Waals surface area (Å²) in [5.41, 5.74) is 0. The van der Waals surface area contributed by atoms with Crippen LogP contribution in [-0.2, 0) is 0 Å². The van der Waals surface area contributed by atoms with Crippen LogP contribution in [0.3, 0.4) is 0 Å². The van der Waals surface area contributed by atoms with Crippen LogP contribution in [0.4, 0.5) is 0 Å². The molecule has 0 radical (unpaired) electrons. The average molecular weight is 267 g/mol. The second-order valence-electron chi connectivity index (χ2n) is 4.99. The molecule has 0 saturated carbocycles.